The molecular weight excluding hydrogens is 110 g/mol. The normalized spacial score (nSPS) is 36.7. The van der Waals surface area contributed by atoms with Gasteiger partial charge in [-0.15, -0.1) is 0 Å². The van der Waals surface area contributed by atoms with Gasteiger partial charge in [0.25, 0.3) is 0 Å². The Balaban J connectivity index is 2.18. The Bertz CT molecular complexity index is 72.6. The van der Waals surface area contributed by atoms with Crippen LogP contribution in [0.3, 0.4) is 0 Å². The van der Waals surface area contributed by atoms with E-state index in [1.165, 1.54) is 25.7 Å². The molecule has 0 atom stereocenters. The van der Waals surface area contributed by atoms with E-state index in [4.69, 9.17) is 0 Å². The van der Waals surface area contributed by atoms with Crippen LogP contribution in [-0.2, 0) is 0 Å². The van der Waals surface area contributed by atoms with Gasteiger partial charge >= 0.3 is 0 Å². The van der Waals surface area contributed by atoms with Crippen LogP contribution in [-0.4, -0.2) is 6.04 Å². The average molecular weight is 126 g/mol. The van der Waals surface area contributed by atoms with Crippen LogP contribution < -0.4 is 5.32 Å². The van der Waals surface area contributed by atoms with Crippen molar-refractivity contribution in [1.29, 1.82) is 0 Å². The molecule has 1 aliphatic carbocycles. The third-order valence-electron chi connectivity index (χ3n) is 2.30. The quantitative estimate of drug-likeness (QED) is 0.566. The van der Waals surface area contributed by atoms with Crippen molar-refractivity contribution in [2.45, 2.75) is 38.6 Å². The van der Waals surface area contributed by atoms with E-state index >= 15 is 0 Å². The molecule has 0 bridgehead atoms. The van der Waals surface area contributed by atoms with Crippen LogP contribution in [0.5, 0.6) is 0 Å². The van der Waals surface area contributed by atoms with Gasteiger partial charge in [0.2, 0.25) is 0 Å². The third-order valence-corrected chi connectivity index (χ3v) is 2.30. The lowest BCUT2D eigenvalue weighted by Gasteiger charge is -2.25. The average Bonchev–Trinajstić information content (AvgIpc) is 1.90. The maximum absolute atomic E-state index is 3.68. The zero-order valence-electron chi connectivity index (χ0n) is 6.19. The van der Waals surface area contributed by atoms with Crippen LogP contribution in [0.1, 0.15) is 32.6 Å². The fourth-order valence-corrected chi connectivity index (χ4v) is 1.46. The molecule has 0 unspecified atom stereocenters. The molecule has 9 heavy (non-hydrogen) atoms. The lowest BCUT2D eigenvalue weighted by atomic mass is 9.87. The number of rotatable bonds is 1. The van der Waals surface area contributed by atoms with Gasteiger partial charge in [0.1, 0.15) is 0 Å². The summed E-state index contributed by atoms with van der Waals surface area (Å²) in [5.41, 5.74) is 0. The van der Waals surface area contributed by atoms with Gasteiger partial charge in [0, 0.05) is 13.1 Å². The molecule has 1 nitrogen and oxygen atoms in total. The topological polar surface area (TPSA) is 12.0 Å². The van der Waals surface area contributed by atoms with E-state index in [0.717, 1.165) is 5.92 Å². The molecule has 1 radical (unpaired) electrons. The fraction of sp³-hybridized carbons (Fsp3) is 0.875. The van der Waals surface area contributed by atoms with E-state index in [-0.39, 0.29) is 0 Å². The Kier molecular flexibility index (Phi) is 2.52. The molecule has 1 heteroatoms. The molecule has 0 spiro atoms. The molecule has 0 aliphatic heterocycles. The maximum atomic E-state index is 3.68. The summed E-state index contributed by atoms with van der Waals surface area (Å²) < 4.78 is 0. The standard InChI is InChI=1S/C8H16N/c1-7-3-5-8(9-2)6-4-7/h7-9H,2-6H2,1H3/t7-,8-. The van der Waals surface area contributed by atoms with Gasteiger partial charge in [-0.1, -0.05) is 6.92 Å². The molecule has 1 aliphatic rings. The van der Waals surface area contributed by atoms with Gasteiger partial charge in [-0.05, 0) is 31.6 Å². The van der Waals surface area contributed by atoms with E-state index in [2.05, 4.69) is 19.3 Å². The lowest BCUT2D eigenvalue weighted by Crippen LogP contribution is -2.27. The SMILES string of the molecule is [CH2]N[C@H]1CC[C@H](C)CC1. The largest absolute Gasteiger partial charge is 0.313 e. The highest BCUT2D eigenvalue weighted by atomic mass is 14.9. The van der Waals surface area contributed by atoms with Crippen LogP contribution in [0.25, 0.3) is 0 Å². The van der Waals surface area contributed by atoms with Crippen molar-refractivity contribution in [2.75, 3.05) is 0 Å². The molecule has 0 saturated heterocycles. The zero-order valence-corrected chi connectivity index (χ0v) is 6.19. The van der Waals surface area contributed by atoms with Gasteiger partial charge in [-0.2, -0.15) is 0 Å². The molecule has 1 saturated carbocycles. The van der Waals surface area contributed by atoms with Crippen molar-refractivity contribution in [3.8, 4) is 0 Å². The summed E-state index contributed by atoms with van der Waals surface area (Å²) in [4.78, 5) is 0. The van der Waals surface area contributed by atoms with Crippen molar-refractivity contribution in [3.63, 3.8) is 0 Å². The van der Waals surface area contributed by atoms with E-state index < -0.39 is 0 Å². The third kappa shape index (κ3) is 1.98. The number of hydrogen-bond donors (Lipinski definition) is 1. The van der Waals surface area contributed by atoms with Crippen molar-refractivity contribution in [1.82, 2.24) is 5.32 Å². The molecule has 1 fully saturated rings. The van der Waals surface area contributed by atoms with E-state index in [0.29, 0.717) is 6.04 Å². The van der Waals surface area contributed by atoms with Crippen molar-refractivity contribution in [2.24, 2.45) is 5.92 Å². The fourth-order valence-electron chi connectivity index (χ4n) is 1.46. The van der Waals surface area contributed by atoms with Gasteiger partial charge in [0.05, 0.1) is 0 Å². The monoisotopic (exact) mass is 126 g/mol. The number of hydrogen-bond acceptors (Lipinski definition) is 1. The Morgan fingerprint density at radius 3 is 2.22 bits per heavy atom. The molecule has 1 rings (SSSR count). The Hall–Kier alpha value is -0.0400. The summed E-state index contributed by atoms with van der Waals surface area (Å²) in [5, 5.41) is 3.07. The summed E-state index contributed by atoms with van der Waals surface area (Å²) in [6.07, 6.45) is 5.41. The Labute approximate surface area is 57.8 Å². The van der Waals surface area contributed by atoms with Crippen LogP contribution >= 0.6 is 0 Å². The smallest absolute Gasteiger partial charge is 0.00794 e. The second-order valence-electron chi connectivity index (χ2n) is 3.16. The summed E-state index contributed by atoms with van der Waals surface area (Å²) in [5.74, 6) is 0.953. The van der Waals surface area contributed by atoms with Crippen molar-refractivity contribution < 1.29 is 0 Å². The van der Waals surface area contributed by atoms with Crippen LogP contribution in [0.2, 0.25) is 0 Å². The minimum Gasteiger partial charge on any atom is -0.313 e. The van der Waals surface area contributed by atoms with Crippen molar-refractivity contribution in [3.05, 3.63) is 7.05 Å². The highest BCUT2D eigenvalue weighted by Gasteiger charge is 2.15. The summed E-state index contributed by atoms with van der Waals surface area (Å²) in [7, 11) is 3.68. The molecular formula is C8H16N. The first kappa shape index (κ1) is 7.07. The van der Waals surface area contributed by atoms with E-state index in [1.54, 1.807) is 0 Å². The molecule has 53 valence electrons. The Morgan fingerprint density at radius 2 is 1.78 bits per heavy atom. The first-order chi connectivity index (χ1) is 4.33. The predicted octanol–water partition coefficient (Wildman–Crippen LogP) is 1.95. The molecule has 1 N–H and O–H groups in total. The Morgan fingerprint density at radius 1 is 1.22 bits per heavy atom. The first-order valence-electron chi connectivity index (χ1n) is 3.85. The summed E-state index contributed by atoms with van der Waals surface area (Å²) in [6, 6.07) is 0.709. The van der Waals surface area contributed by atoms with Gasteiger partial charge < -0.3 is 5.32 Å². The highest BCUT2D eigenvalue weighted by molar-refractivity contribution is 4.74. The van der Waals surface area contributed by atoms with Crippen LogP contribution in [0.4, 0.5) is 0 Å². The van der Waals surface area contributed by atoms with E-state index in [1.807, 2.05) is 0 Å². The number of nitrogens with one attached hydrogen (secondary N) is 1. The minimum atomic E-state index is 0.709. The highest BCUT2D eigenvalue weighted by Crippen LogP contribution is 2.22. The zero-order chi connectivity index (χ0) is 6.69. The second kappa shape index (κ2) is 3.21. The van der Waals surface area contributed by atoms with Crippen molar-refractivity contribution >= 4 is 0 Å². The minimum absolute atomic E-state index is 0.709. The van der Waals surface area contributed by atoms with Gasteiger partial charge in [-0.3, -0.25) is 0 Å². The summed E-state index contributed by atoms with van der Waals surface area (Å²) >= 11 is 0. The predicted molar refractivity (Wildman–Crippen MR) is 39.9 cm³/mol. The second-order valence-corrected chi connectivity index (χ2v) is 3.16. The summed E-state index contributed by atoms with van der Waals surface area (Å²) in [6.45, 7) is 2.33. The van der Waals surface area contributed by atoms with E-state index in [9.17, 15) is 0 Å². The van der Waals surface area contributed by atoms with Gasteiger partial charge in [0.15, 0.2) is 0 Å². The first-order valence-corrected chi connectivity index (χ1v) is 3.85. The van der Waals surface area contributed by atoms with Crippen LogP contribution in [0.15, 0.2) is 0 Å². The maximum Gasteiger partial charge on any atom is 0.00794 e. The molecule has 0 aromatic carbocycles. The molecule has 0 heterocycles. The molecule has 0 aromatic rings. The van der Waals surface area contributed by atoms with Gasteiger partial charge in [-0.25, -0.2) is 0 Å². The molecule has 0 amide bonds. The molecule has 0 aromatic heterocycles. The lowest BCUT2D eigenvalue weighted by molar-refractivity contribution is 0.325. The van der Waals surface area contributed by atoms with Crippen LogP contribution in [0, 0.1) is 13.0 Å².